The third-order valence-electron chi connectivity index (χ3n) is 4.01. The van der Waals surface area contributed by atoms with Gasteiger partial charge in [-0.05, 0) is 61.2 Å². The lowest BCUT2D eigenvalue weighted by molar-refractivity contribution is 0.0955. The Morgan fingerprint density at radius 2 is 1.71 bits per heavy atom. The smallest absolute Gasteiger partial charge is 0.271 e. The average Bonchev–Trinajstić information content (AvgIpc) is 2.72. The van der Waals surface area contributed by atoms with E-state index in [9.17, 15) is 9.90 Å². The third-order valence-corrected chi connectivity index (χ3v) is 5.33. The molecule has 0 atom stereocenters. The number of methoxy groups -OCH3 is 1. The molecule has 0 saturated carbocycles. The number of ether oxygens (including phenoxy) is 1. The number of nitrogens with zero attached hydrogens (tertiary/aromatic N) is 1. The highest BCUT2D eigenvalue weighted by Gasteiger charge is 2.14. The van der Waals surface area contributed by atoms with Crippen molar-refractivity contribution in [3.05, 3.63) is 80.7 Å². The first kappa shape index (κ1) is 20.1. The van der Waals surface area contributed by atoms with Gasteiger partial charge >= 0.3 is 0 Å². The lowest BCUT2D eigenvalue weighted by atomic mass is 10.0. The number of phenols is 1. The molecule has 3 aromatic rings. The normalized spacial score (nSPS) is 10.8. The number of hydrazone groups is 1. The number of hydrogen-bond donors (Lipinski definition) is 2. The van der Waals surface area contributed by atoms with Gasteiger partial charge in [0.1, 0.15) is 10.2 Å². The molecule has 3 rings (SSSR count). The summed E-state index contributed by atoms with van der Waals surface area (Å²) in [6, 6.07) is 18.8. The van der Waals surface area contributed by atoms with Crippen LogP contribution >= 0.6 is 31.9 Å². The Morgan fingerprint density at radius 3 is 2.36 bits per heavy atom. The van der Waals surface area contributed by atoms with Crippen molar-refractivity contribution in [2.24, 2.45) is 5.10 Å². The second-order valence-electron chi connectivity index (χ2n) is 5.79. The minimum Gasteiger partial charge on any atom is -0.506 e. The van der Waals surface area contributed by atoms with E-state index in [0.29, 0.717) is 25.8 Å². The highest BCUT2D eigenvalue weighted by Crippen LogP contribution is 2.41. The van der Waals surface area contributed by atoms with Gasteiger partial charge in [-0.2, -0.15) is 5.10 Å². The van der Waals surface area contributed by atoms with Crippen LogP contribution in [0.5, 0.6) is 11.5 Å². The van der Waals surface area contributed by atoms with E-state index in [1.807, 2.05) is 42.5 Å². The first-order valence-corrected chi connectivity index (χ1v) is 9.83. The topological polar surface area (TPSA) is 70.9 Å². The van der Waals surface area contributed by atoms with Crippen molar-refractivity contribution in [2.45, 2.75) is 0 Å². The fourth-order valence-electron chi connectivity index (χ4n) is 2.56. The van der Waals surface area contributed by atoms with Crippen molar-refractivity contribution in [2.75, 3.05) is 7.11 Å². The molecule has 0 saturated heterocycles. The number of phenolic OH excluding ortho intramolecular Hbond substituents is 1. The Labute approximate surface area is 179 Å². The van der Waals surface area contributed by atoms with Crippen LogP contribution in [0.4, 0.5) is 0 Å². The summed E-state index contributed by atoms with van der Waals surface area (Å²) in [5, 5.41) is 14.1. The quantitative estimate of drug-likeness (QED) is 0.364. The van der Waals surface area contributed by atoms with E-state index in [2.05, 4.69) is 42.4 Å². The maximum Gasteiger partial charge on any atom is 0.271 e. The summed E-state index contributed by atoms with van der Waals surface area (Å²) >= 11 is 6.63. The molecule has 0 bridgehead atoms. The zero-order valence-corrected chi connectivity index (χ0v) is 18.0. The van der Waals surface area contributed by atoms with Crippen LogP contribution in [-0.2, 0) is 0 Å². The van der Waals surface area contributed by atoms with Crippen LogP contribution in [0.3, 0.4) is 0 Å². The number of aromatic hydroxyl groups is 1. The van der Waals surface area contributed by atoms with Crippen molar-refractivity contribution < 1.29 is 14.6 Å². The van der Waals surface area contributed by atoms with Gasteiger partial charge in [0.25, 0.3) is 5.91 Å². The fourth-order valence-corrected chi connectivity index (χ4v) is 4.04. The van der Waals surface area contributed by atoms with Crippen LogP contribution in [0.15, 0.2) is 74.7 Å². The number of rotatable bonds is 5. The molecule has 3 aromatic carbocycles. The van der Waals surface area contributed by atoms with Crippen LogP contribution < -0.4 is 10.2 Å². The number of amides is 1. The van der Waals surface area contributed by atoms with E-state index in [1.54, 1.807) is 18.2 Å². The summed E-state index contributed by atoms with van der Waals surface area (Å²) < 4.78 is 6.23. The largest absolute Gasteiger partial charge is 0.506 e. The van der Waals surface area contributed by atoms with Gasteiger partial charge in [-0.25, -0.2) is 5.43 Å². The van der Waals surface area contributed by atoms with Crippen LogP contribution in [0.25, 0.3) is 11.1 Å². The summed E-state index contributed by atoms with van der Waals surface area (Å²) in [7, 11) is 1.50. The molecule has 2 N–H and O–H groups in total. The fraction of sp³-hybridized carbons (Fsp3) is 0.0476. The molecule has 7 heteroatoms. The van der Waals surface area contributed by atoms with Crippen LogP contribution in [0.2, 0.25) is 0 Å². The van der Waals surface area contributed by atoms with Crippen molar-refractivity contribution in [1.29, 1.82) is 0 Å². The third kappa shape index (κ3) is 4.43. The Balaban J connectivity index is 1.71. The number of carbonyl (C=O) groups is 1. The Hall–Kier alpha value is -2.64. The van der Waals surface area contributed by atoms with Crippen LogP contribution in [0, 0.1) is 0 Å². The maximum absolute atomic E-state index is 12.3. The van der Waals surface area contributed by atoms with Crippen molar-refractivity contribution in [3.8, 4) is 22.6 Å². The number of hydrogen-bond acceptors (Lipinski definition) is 4. The van der Waals surface area contributed by atoms with E-state index < -0.39 is 0 Å². The molecule has 0 aliphatic heterocycles. The van der Waals surface area contributed by atoms with Gasteiger partial charge in [0, 0.05) is 11.1 Å². The molecule has 0 fully saturated rings. The van der Waals surface area contributed by atoms with Crippen LogP contribution in [0.1, 0.15) is 15.9 Å². The predicted molar refractivity (Wildman–Crippen MR) is 117 cm³/mol. The second kappa shape index (κ2) is 9.03. The summed E-state index contributed by atoms with van der Waals surface area (Å²) in [6.45, 7) is 0. The van der Waals surface area contributed by atoms with Crippen LogP contribution in [-0.4, -0.2) is 24.3 Å². The number of benzene rings is 3. The molecular formula is C21H16Br2N2O3. The van der Waals surface area contributed by atoms with Gasteiger partial charge in [-0.3, -0.25) is 4.79 Å². The molecule has 1 amide bonds. The Kier molecular flexibility index (Phi) is 6.49. The van der Waals surface area contributed by atoms with Gasteiger partial charge in [0.2, 0.25) is 0 Å². The molecule has 0 heterocycles. The number of nitrogens with one attached hydrogen (secondary N) is 1. The van der Waals surface area contributed by atoms with Gasteiger partial charge in [0.15, 0.2) is 5.75 Å². The van der Waals surface area contributed by atoms with Crippen molar-refractivity contribution >= 4 is 44.0 Å². The molecule has 0 spiro atoms. The molecule has 5 nitrogen and oxygen atoms in total. The molecule has 142 valence electrons. The van der Waals surface area contributed by atoms with E-state index >= 15 is 0 Å². The molecular weight excluding hydrogens is 488 g/mol. The van der Waals surface area contributed by atoms with E-state index in [0.717, 1.165) is 11.1 Å². The molecule has 0 radical (unpaired) electrons. The first-order valence-electron chi connectivity index (χ1n) is 8.25. The van der Waals surface area contributed by atoms with Gasteiger partial charge in [0.05, 0.1) is 17.8 Å². The first-order chi connectivity index (χ1) is 13.5. The van der Waals surface area contributed by atoms with Gasteiger partial charge in [-0.15, -0.1) is 0 Å². The zero-order chi connectivity index (χ0) is 20.1. The van der Waals surface area contributed by atoms with Crippen molar-refractivity contribution in [3.63, 3.8) is 0 Å². The molecule has 0 aliphatic rings. The van der Waals surface area contributed by atoms with E-state index in [1.165, 1.54) is 13.3 Å². The molecule has 0 unspecified atom stereocenters. The summed E-state index contributed by atoms with van der Waals surface area (Å²) in [6.07, 6.45) is 1.36. The monoisotopic (exact) mass is 502 g/mol. The second-order valence-corrected chi connectivity index (χ2v) is 7.43. The Morgan fingerprint density at radius 1 is 1.07 bits per heavy atom. The highest BCUT2D eigenvalue weighted by molar-refractivity contribution is 9.11. The minimum atomic E-state index is -0.345. The maximum atomic E-state index is 12.3. The lowest BCUT2D eigenvalue weighted by Crippen LogP contribution is -2.17. The molecule has 28 heavy (non-hydrogen) atoms. The summed E-state index contributed by atoms with van der Waals surface area (Å²) in [5.74, 6) is 0.0875. The Bertz CT molecular complexity index is 1020. The zero-order valence-electron chi connectivity index (χ0n) is 14.8. The highest BCUT2D eigenvalue weighted by atomic mass is 79.9. The molecule has 0 aromatic heterocycles. The van der Waals surface area contributed by atoms with E-state index in [4.69, 9.17) is 4.74 Å². The standard InChI is InChI=1S/C21H16Br2N2O3/c1-28-20-17(22)11-16(19(26)18(20)23)12-24-25-21(27)15-9-7-14(8-10-15)13-5-3-2-4-6-13/h2-12,26H,1H3,(H,25,27)/b24-12+. The summed E-state index contributed by atoms with van der Waals surface area (Å²) in [4.78, 5) is 12.3. The SMILES string of the molecule is COc1c(Br)cc(/C=N/NC(=O)c2ccc(-c3ccccc3)cc2)c(O)c1Br. The predicted octanol–water partition coefficient (Wildman–Crippen LogP) is 5.36. The van der Waals surface area contributed by atoms with Gasteiger partial charge < -0.3 is 9.84 Å². The average molecular weight is 504 g/mol. The molecule has 0 aliphatic carbocycles. The number of halogens is 2. The van der Waals surface area contributed by atoms with E-state index in [-0.39, 0.29) is 11.7 Å². The minimum absolute atomic E-state index is 0.0368. The number of carbonyl (C=O) groups excluding carboxylic acids is 1. The van der Waals surface area contributed by atoms with Gasteiger partial charge in [-0.1, -0.05) is 42.5 Å². The summed E-state index contributed by atoms with van der Waals surface area (Å²) in [5.41, 5.74) is 5.47. The van der Waals surface area contributed by atoms with Crippen molar-refractivity contribution in [1.82, 2.24) is 5.43 Å². The lowest BCUT2D eigenvalue weighted by Gasteiger charge is -2.09.